The van der Waals surface area contributed by atoms with Crippen LogP contribution in [0.3, 0.4) is 0 Å². The molecule has 0 spiro atoms. The van der Waals surface area contributed by atoms with Gasteiger partial charge in [0.05, 0.1) is 11.4 Å². The third-order valence-electron chi connectivity index (χ3n) is 3.18. The van der Waals surface area contributed by atoms with Crippen LogP contribution >= 0.6 is 23.4 Å². The molecule has 5 heteroatoms. The number of carboxylic acid groups (broad SMARTS) is 1. The minimum absolute atomic E-state index is 0.0314. The smallest absolute Gasteiger partial charge is 0.303 e. The van der Waals surface area contributed by atoms with Crippen molar-refractivity contribution in [3.8, 4) is 0 Å². The number of halogens is 2. The van der Waals surface area contributed by atoms with Crippen LogP contribution < -0.4 is 0 Å². The van der Waals surface area contributed by atoms with Crippen LogP contribution in [-0.2, 0) is 10.5 Å². The zero-order valence-corrected chi connectivity index (χ0v) is 11.4. The summed E-state index contributed by atoms with van der Waals surface area (Å²) in [5.41, 5.74) is 0.740. The van der Waals surface area contributed by atoms with Crippen molar-refractivity contribution in [1.82, 2.24) is 0 Å². The Labute approximate surface area is 115 Å². The predicted molar refractivity (Wildman–Crippen MR) is 71.5 cm³/mol. The first-order chi connectivity index (χ1) is 8.52. The maximum absolute atomic E-state index is 13.2. The molecule has 0 atom stereocenters. The first kappa shape index (κ1) is 13.7. The number of thioether (sulfide) groups is 1. The predicted octanol–water partition coefficient (Wildman–Crippen LogP) is 3.97. The standard InChI is InChI=1S/C13H14ClFO2S/c14-12-9(2-1-3-10(12)15)7-18-8-13(4-5-13)6-11(16)17/h1-3H,4-8H2,(H,16,17). The van der Waals surface area contributed by atoms with E-state index < -0.39 is 11.8 Å². The molecule has 0 bridgehead atoms. The maximum atomic E-state index is 13.2. The summed E-state index contributed by atoms with van der Waals surface area (Å²) in [6.45, 7) is 0. The number of carbonyl (C=O) groups is 1. The lowest BCUT2D eigenvalue weighted by Crippen LogP contribution is -2.11. The van der Waals surface area contributed by atoms with Crippen LogP contribution in [-0.4, -0.2) is 16.8 Å². The highest BCUT2D eigenvalue weighted by Crippen LogP contribution is 2.51. The highest BCUT2D eigenvalue weighted by molar-refractivity contribution is 7.98. The molecule has 0 unspecified atom stereocenters. The summed E-state index contributed by atoms with van der Waals surface area (Å²) in [6, 6.07) is 4.78. The van der Waals surface area contributed by atoms with Crippen LogP contribution in [0.15, 0.2) is 18.2 Å². The van der Waals surface area contributed by atoms with E-state index in [9.17, 15) is 9.18 Å². The molecule has 1 saturated carbocycles. The molecule has 0 amide bonds. The monoisotopic (exact) mass is 288 g/mol. The number of benzene rings is 1. The molecule has 0 aliphatic heterocycles. The average molecular weight is 289 g/mol. The molecule has 2 nitrogen and oxygen atoms in total. The fourth-order valence-electron chi connectivity index (χ4n) is 1.91. The molecule has 1 N–H and O–H groups in total. The van der Waals surface area contributed by atoms with E-state index in [1.165, 1.54) is 6.07 Å². The molecule has 1 aromatic carbocycles. The van der Waals surface area contributed by atoms with Gasteiger partial charge in [-0.25, -0.2) is 4.39 Å². The quantitative estimate of drug-likeness (QED) is 0.861. The van der Waals surface area contributed by atoms with Crippen molar-refractivity contribution in [1.29, 1.82) is 0 Å². The topological polar surface area (TPSA) is 37.3 Å². The van der Waals surface area contributed by atoms with Gasteiger partial charge >= 0.3 is 5.97 Å². The molecule has 0 saturated heterocycles. The molecule has 0 heterocycles. The summed E-state index contributed by atoms with van der Waals surface area (Å²) in [5.74, 6) is 0.280. The van der Waals surface area contributed by atoms with E-state index in [2.05, 4.69) is 0 Å². The molecule has 1 fully saturated rings. The van der Waals surface area contributed by atoms with Crippen LogP contribution in [0.2, 0.25) is 5.02 Å². The molecule has 0 aromatic heterocycles. The van der Waals surface area contributed by atoms with Gasteiger partial charge in [-0.05, 0) is 35.6 Å². The van der Waals surface area contributed by atoms with Gasteiger partial charge in [0.2, 0.25) is 0 Å². The van der Waals surface area contributed by atoms with E-state index in [1.807, 2.05) is 0 Å². The summed E-state index contributed by atoms with van der Waals surface area (Å²) in [4.78, 5) is 10.7. The number of hydrogen-bond acceptors (Lipinski definition) is 2. The second-order valence-electron chi connectivity index (χ2n) is 4.78. The molecule has 2 rings (SSSR count). The fourth-order valence-corrected chi connectivity index (χ4v) is 3.57. The van der Waals surface area contributed by atoms with Crippen LogP contribution in [0.5, 0.6) is 0 Å². The largest absolute Gasteiger partial charge is 0.481 e. The molecule has 1 aromatic rings. The van der Waals surface area contributed by atoms with E-state index in [4.69, 9.17) is 16.7 Å². The molecule has 0 radical (unpaired) electrons. The normalized spacial score (nSPS) is 16.6. The minimum Gasteiger partial charge on any atom is -0.481 e. The van der Waals surface area contributed by atoms with Gasteiger partial charge in [-0.3, -0.25) is 4.79 Å². The second kappa shape index (κ2) is 5.49. The Morgan fingerprint density at radius 2 is 2.22 bits per heavy atom. The van der Waals surface area contributed by atoms with E-state index >= 15 is 0 Å². The van der Waals surface area contributed by atoms with E-state index in [-0.39, 0.29) is 16.9 Å². The Balaban J connectivity index is 1.86. The van der Waals surface area contributed by atoms with Gasteiger partial charge < -0.3 is 5.11 Å². The van der Waals surface area contributed by atoms with Crippen molar-refractivity contribution >= 4 is 29.3 Å². The van der Waals surface area contributed by atoms with Crippen molar-refractivity contribution in [2.24, 2.45) is 5.41 Å². The van der Waals surface area contributed by atoms with Crippen molar-refractivity contribution in [3.05, 3.63) is 34.6 Å². The zero-order chi connectivity index (χ0) is 13.2. The molecular formula is C13H14ClFO2S. The van der Waals surface area contributed by atoms with E-state index in [0.717, 1.165) is 24.2 Å². The Morgan fingerprint density at radius 3 is 2.83 bits per heavy atom. The van der Waals surface area contributed by atoms with Crippen LogP contribution in [0.1, 0.15) is 24.8 Å². The van der Waals surface area contributed by atoms with E-state index in [1.54, 1.807) is 23.9 Å². The Bertz CT molecular complexity index is 460. The van der Waals surface area contributed by atoms with Crippen molar-refractivity contribution < 1.29 is 14.3 Å². The van der Waals surface area contributed by atoms with Gasteiger partial charge in [-0.15, -0.1) is 0 Å². The summed E-state index contributed by atoms with van der Waals surface area (Å²) in [6.07, 6.45) is 2.18. The molecule has 1 aliphatic rings. The van der Waals surface area contributed by atoms with Gasteiger partial charge in [-0.2, -0.15) is 11.8 Å². The van der Waals surface area contributed by atoms with Crippen molar-refractivity contribution in [3.63, 3.8) is 0 Å². The SMILES string of the molecule is O=C(O)CC1(CSCc2cccc(F)c2Cl)CC1. The fraction of sp³-hybridized carbons (Fsp3) is 0.462. The number of hydrogen-bond donors (Lipinski definition) is 1. The van der Waals surface area contributed by atoms with E-state index in [0.29, 0.717) is 5.75 Å². The van der Waals surface area contributed by atoms with Gasteiger partial charge in [-0.1, -0.05) is 23.7 Å². The number of carboxylic acids is 1. The lowest BCUT2D eigenvalue weighted by Gasteiger charge is -2.12. The summed E-state index contributed by atoms with van der Waals surface area (Å²) in [7, 11) is 0. The second-order valence-corrected chi connectivity index (χ2v) is 6.14. The maximum Gasteiger partial charge on any atom is 0.303 e. The highest BCUT2D eigenvalue weighted by Gasteiger charge is 2.44. The molecule has 1 aliphatic carbocycles. The summed E-state index contributed by atoms with van der Waals surface area (Å²) >= 11 is 7.49. The molecule has 98 valence electrons. The Hall–Kier alpha value is -0.740. The molecule has 18 heavy (non-hydrogen) atoms. The van der Waals surface area contributed by atoms with Crippen LogP contribution in [0.4, 0.5) is 4.39 Å². The molecular weight excluding hydrogens is 275 g/mol. The van der Waals surface area contributed by atoms with Gasteiger partial charge in [0.15, 0.2) is 0 Å². The number of rotatable bonds is 6. The Morgan fingerprint density at radius 1 is 1.50 bits per heavy atom. The highest BCUT2D eigenvalue weighted by atomic mass is 35.5. The van der Waals surface area contributed by atoms with Gasteiger partial charge in [0.25, 0.3) is 0 Å². The Kier molecular flexibility index (Phi) is 4.17. The third kappa shape index (κ3) is 3.39. The van der Waals surface area contributed by atoms with Gasteiger partial charge in [0.1, 0.15) is 5.82 Å². The third-order valence-corrected chi connectivity index (χ3v) is 4.94. The lowest BCUT2D eigenvalue weighted by atomic mass is 10.1. The average Bonchev–Trinajstić information content (AvgIpc) is 3.03. The zero-order valence-electron chi connectivity index (χ0n) is 9.79. The summed E-state index contributed by atoms with van der Waals surface area (Å²) in [5, 5.41) is 8.98. The minimum atomic E-state index is -0.739. The van der Waals surface area contributed by atoms with Crippen molar-refractivity contribution in [2.45, 2.75) is 25.0 Å². The van der Waals surface area contributed by atoms with Crippen molar-refractivity contribution in [2.75, 3.05) is 5.75 Å². The van der Waals surface area contributed by atoms with Crippen LogP contribution in [0.25, 0.3) is 0 Å². The first-order valence-corrected chi connectivity index (χ1v) is 7.28. The first-order valence-electron chi connectivity index (χ1n) is 5.75. The lowest BCUT2D eigenvalue weighted by molar-refractivity contribution is -0.138. The van der Waals surface area contributed by atoms with Gasteiger partial charge in [0, 0.05) is 5.75 Å². The van der Waals surface area contributed by atoms with Crippen LogP contribution in [0, 0.1) is 11.2 Å². The summed E-state index contributed by atoms with van der Waals surface area (Å²) < 4.78 is 13.2. The number of aliphatic carboxylic acids is 1.